The van der Waals surface area contributed by atoms with Crippen molar-refractivity contribution in [2.24, 2.45) is 0 Å². The van der Waals surface area contributed by atoms with Crippen molar-refractivity contribution in [3.05, 3.63) is 35.4 Å². The molecule has 5 nitrogen and oxygen atoms in total. The standard InChI is InChI=1S/C10H10N2O3/c13-5-6-1-3-7(4-2-6)8-9(14)12-10(15)11-8/h1-4,8,13H,5H2,(H2,11,12,14,15)/t8-/m1/s1. The van der Waals surface area contributed by atoms with Crippen LogP contribution in [0.25, 0.3) is 0 Å². The van der Waals surface area contributed by atoms with Crippen molar-refractivity contribution in [2.75, 3.05) is 0 Å². The molecule has 78 valence electrons. The lowest BCUT2D eigenvalue weighted by molar-refractivity contribution is -0.120. The van der Waals surface area contributed by atoms with Crippen molar-refractivity contribution in [3.8, 4) is 0 Å². The van der Waals surface area contributed by atoms with Crippen LogP contribution in [0.1, 0.15) is 17.2 Å². The highest BCUT2D eigenvalue weighted by atomic mass is 16.3. The van der Waals surface area contributed by atoms with Crippen LogP contribution < -0.4 is 10.6 Å². The van der Waals surface area contributed by atoms with E-state index in [1.54, 1.807) is 24.3 Å². The molecule has 0 unspecified atom stereocenters. The van der Waals surface area contributed by atoms with Crippen molar-refractivity contribution in [2.45, 2.75) is 12.6 Å². The quantitative estimate of drug-likeness (QED) is 0.599. The lowest BCUT2D eigenvalue weighted by atomic mass is 10.1. The minimum atomic E-state index is -0.620. The van der Waals surface area contributed by atoms with E-state index in [1.165, 1.54) is 0 Å². The topological polar surface area (TPSA) is 78.4 Å². The molecule has 1 saturated heterocycles. The minimum absolute atomic E-state index is 0.0382. The van der Waals surface area contributed by atoms with Crippen LogP contribution in [0.2, 0.25) is 0 Å². The summed E-state index contributed by atoms with van der Waals surface area (Å²) in [4.78, 5) is 22.2. The van der Waals surface area contributed by atoms with Gasteiger partial charge >= 0.3 is 6.03 Å². The molecule has 5 heteroatoms. The molecule has 3 amide bonds. The van der Waals surface area contributed by atoms with Gasteiger partial charge in [0.15, 0.2) is 0 Å². The predicted octanol–water partition coefficient (Wildman–Crippen LogP) is 0.0594. The second kappa shape index (κ2) is 3.70. The van der Waals surface area contributed by atoms with Crippen molar-refractivity contribution >= 4 is 11.9 Å². The Bertz CT molecular complexity index is 400. The van der Waals surface area contributed by atoms with Crippen LogP contribution in [0.5, 0.6) is 0 Å². The Morgan fingerprint density at radius 2 is 1.87 bits per heavy atom. The summed E-state index contributed by atoms with van der Waals surface area (Å²) in [5, 5.41) is 13.5. The van der Waals surface area contributed by atoms with Crippen LogP contribution in [0.15, 0.2) is 24.3 Å². The fraction of sp³-hybridized carbons (Fsp3) is 0.200. The molecule has 1 fully saturated rings. The maximum atomic E-state index is 11.3. The van der Waals surface area contributed by atoms with Crippen molar-refractivity contribution in [1.82, 2.24) is 10.6 Å². The number of benzene rings is 1. The third kappa shape index (κ3) is 1.82. The van der Waals surface area contributed by atoms with E-state index in [4.69, 9.17) is 5.11 Å². The first-order valence-electron chi connectivity index (χ1n) is 4.52. The number of urea groups is 1. The number of amides is 3. The van der Waals surface area contributed by atoms with Crippen molar-refractivity contribution in [1.29, 1.82) is 0 Å². The van der Waals surface area contributed by atoms with Gasteiger partial charge in [0.2, 0.25) is 0 Å². The first-order valence-corrected chi connectivity index (χ1v) is 4.52. The van der Waals surface area contributed by atoms with Gasteiger partial charge < -0.3 is 10.4 Å². The molecule has 2 rings (SSSR count). The van der Waals surface area contributed by atoms with E-state index in [-0.39, 0.29) is 12.5 Å². The Kier molecular flexibility index (Phi) is 2.39. The number of carbonyl (C=O) groups excluding carboxylic acids is 2. The summed E-state index contributed by atoms with van der Waals surface area (Å²) in [6, 6.07) is 5.75. The minimum Gasteiger partial charge on any atom is -0.392 e. The van der Waals surface area contributed by atoms with Gasteiger partial charge in [-0.2, -0.15) is 0 Å². The number of rotatable bonds is 2. The Labute approximate surface area is 86.1 Å². The average molecular weight is 206 g/mol. The van der Waals surface area contributed by atoms with E-state index in [1.807, 2.05) is 0 Å². The second-order valence-corrected chi connectivity index (χ2v) is 3.30. The number of aliphatic hydroxyl groups is 1. The van der Waals surface area contributed by atoms with Gasteiger partial charge in [-0.15, -0.1) is 0 Å². The predicted molar refractivity (Wildman–Crippen MR) is 51.8 cm³/mol. The molecule has 0 spiro atoms. The average Bonchev–Trinajstić information content (AvgIpc) is 2.58. The monoisotopic (exact) mass is 206 g/mol. The summed E-state index contributed by atoms with van der Waals surface area (Å²) in [6.45, 7) is -0.0382. The zero-order chi connectivity index (χ0) is 10.8. The van der Waals surface area contributed by atoms with Crippen LogP contribution in [0, 0.1) is 0 Å². The Morgan fingerprint density at radius 1 is 1.20 bits per heavy atom. The molecule has 0 aliphatic carbocycles. The normalized spacial score (nSPS) is 19.9. The number of imide groups is 1. The van der Waals surface area contributed by atoms with E-state index in [2.05, 4.69) is 10.6 Å². The fourth-order valence-electron chi connectivity index (χ4n) is 1.47. The molecule has 0 aromatic heterocycles. The fourth-order valence-corrected chi connectivity index (χ4v) is 1.47. The summed E-state index contributed by atoms with van der Waals surface area (Å²) in [7, 11) is 0. The highest BCUT2D eigenvalue weighted by Gasteiger charge is 2.30. The van der Waals surface area contributed by atoms with Crippen LogP contribution in [-0.4, -0.2) is 17.0 Å². The second-order valence-electron chi connectivity index (χ2n) is 3.30. The van der Waals surface area contributed by atoms with Crippen molar-refractivity contribution < 1.29 is 14.7 Å². The molecule has 1 atom stereocenters. The van der Waals surface area contributed by atoms with Crippen LogP contribution >= 0.6 is 0 Å². The summed E-state index contributed by atoms with van der Waals surface area (Å²) in [6.07, 6.45) is 0. The molecule has 0 radical (unpaired) electrons. The zero-order valence-corrected chi connectivity index (χ0v) is 7.86. The first-order chi connectivity index (χ1) is 7.20. The lowest BCUT2D eigenvalue weighted by Crippen LogP contribution is -2.22. The SMILES string of the molecule is O=C1NC(=O)[C@@H](c2ccc(CO)cc2)N1. The third-order valence-corrected chi connectivity index (χ3v) is 2.27. The Morgan fingerprint density at radius 3 is 2.33 bits per heavy atom. The van der Waals surface area contributed by atoms with E-state index >= 15 is 0 Å². The molecule has 3 N–H and O–H groups in total. The van der Waals surface area contributed by atoms with E-state index in [0.29, 0.717) is 5.56 Å². The summed E-state index contributed by atoms with van der Waals surface area (Å²) >= 11 is 0. The molecule has 1 aromatic carbocycles. The molecular weight excluding hydrogens is 196 g/mol. The van der Waals surface area contributed by atoms with Gasteiger partial charge in [0.25, 0.3) is 5.91 Å². The summed E-state index contributed by atoms with van der Waals surface area (Å²) in [5.74, 6) is -0.350. The number of hydrogen-bond acceptors (Lipinski definition) is 3. The third-order valence-electron chi connectivity index (χ3n) is 2.27. The van der Waals surface area contributed by atoms with Gasteiger partial charge in [0.05, 0.1) is 6.61 Å². The number of nitrogens with one attached hydrogen (secondary N) is 2. The highest BCUT2D eigenvalue weighted by Crippen LogP contribution is 2.16. The van der Waals surface area contributed by atoms with Gasteiger partial charge in [0, 0.05) is 0 Å². The van der Waals surface area contributed by atoms with Gasteiger partial charge in [-0.3, -0.25) is 10.1 Å². The maximum absolute atomic E-state index is 11.3. The Balaban J connectivity index is 2.22. The summed E-state index contributed by atoms with van der Waals surface area (Å²) in [5.41, 5.74) is 1.47. The number of carbonyl (C=O) groups is 2. The smallest absolute Gasteiger partial charge is 0.322 e. The number of aliphatic hydroxyl groups excluding tert-OH is 1. The molecule has 0 bridgehead atoms. The van der Waals surface area contributed by atoms with E-state index in [9.17, 15) is 9.59 Å². The van der Waals surface area contributed by atoms with Gasteiger partial charge in [-0.25, -0.2) is 4.79 Å². The van der Waals surface area contributed by atoms with Crippen LogP contribution in [0.4, 0.5) is 4.79 Å². The molecule has 1 aromatic rings. The first kappa shape index (κ1) is 9.67. The lowest BCUT2D eigenvalue weighted by Gasteiger charge is -2.07. The Hall–Kier alpha value is -1.88. The van der Waals surface area contributed by atoms with Crippen molar-refractivity contribution in [3.63, 3.8) is 0 Å². The van der Waals surface area contributed by atoms with Crippen LogP contribution in [-0.2, 0) is 11.4 Å². The molecule has 1 aliphatic rings. The molecule has 1 heterocycles. The largest absolute Gasteiger partial charge is 0.392 e. The molecule has 0 saturated carbocycles. The van der Waals surface area contributed by atoms with Gasteiger partial charge in [-0.05, 0) is 11.1 Å². The van der Waals surface area contributed by atoms with E-state index < -0.39 is 12.1 Å². The van der Waals surface area contributed by atoms with Gasteiger partial charge in [-0.1, -0.05) is 24.3 Å². The summed E-state index contributed by atoms with van der Waals surface area (Å²) < 4.78 is 0. The molecule has 15 heavy (non-hydrogen) atoms. The van der Waals surface area contributed by atoms with Gasteiger partial charge in [0.1, 0.15) is 6.04 Å². The number of hydrogen-bond donors (Lipinski definition) is 3. The maximum Gasteiger partial charge on any atom is 0.322 e. The highest BCUT2D eigenvalue weighted by molar-refractivity contribution is 6.04. The van der Waals surface area contributed by atoms with E-state index in [0.717, 1.165) is 5.56 Å². The zero-order valence-electron chi connectivity index (χ0n) is 7.86. The molecular formula is C10H10N2O3. The molecule has 1 aliphatic heterocycles. The van der Waals surface area contributed by atoms with Crippen LogP contribution in [0.3, 0.4) is 0 Å².